The van der Waals surface area contributed by atoms with Crippen molar-refractivity contribution in [2.75, 3.05) is 11.9 Å². The molecular weight excluding hydrogens is 391 g/mol. The molecular formula is C18H14F3N5O3. The number of rotatable bonds is 6. The predicted octanol–water partition coefficient (Wildman–Crippen LogP) is 2.43. The lowest BCUT2D eigenvalue weighted by Gasteiger charge is -2.14. The fraction of sp³-hybridized carbons (Fsp3) is 0.167. The lowest BCUT2D eigenvalue weighted by Crippen LogP contribution is -2.25. The third-order valence-corrected chi connectivity index (χ3v) is 3.80. The second-order valence-corrected chi connectivity index (χ2v) is 5.78. The summed E-state index contributed by atoms with van der Waals surface area (Å²) in [6.07, 6.45) is -2.15. The number of para-hydroxylation sites is 1. The Hall–Kier alpha value is -3.76. The van der Waals surface area contributed by atoms with Crippen molar-refractivity contribution in [2.24, 2.45) is 7.05 Å². The van der Waals surface area contributed by atoms with Gasteiger partial charge in [-0.25, -0.2) is 15.0 Å². The molecule has 0 atom stereocenters. The fourth-order valence-electron chi connectivity index (χ4n) is 2.44. The zero-order chi connectivity index (χ0) is 21.0. The van der Waals surface area contributed by atoms with Gasteiger partial charge in [0.15, 0.2) is 5.78 Å². The molecule has 29 heavy (non-hydrogen) atoms. The SMILES string of the molecule is Cn1c(NCC(=O)c2ccccc2OC(F)(F)F)nc(-c2ccncn2)cc1=O. The van der Waals surface area contributed by atoms with Crippen molar-refractivity contribution in [3.8, 4) is 17.1 Å². The van der Waals surface area contributed by atoms with Crippen LogP contribution in [0.5, 0.6) is 5.75 Å². The predicted molar refractivity (Wildman–Crippen MR) is 96.4 cm³/mol. The molecule has 0 aliphatic heterocycles. The van der Waals surface area contributed by atoms with Crippen molar-refractivity contribution in [1.29, 1.82) is 0 Å². The van der Waals surface area contributed by atoms with Crippen LogP contribution in [0.1, 0.15) is 10.4 Å². The highest BCUT2D eigenvalue weighted by molar-refractivity contribution is 6.01. The number of hydrogen-bond donors (Lipinski definition) is 1. The van der Waals surface area contributed by atoms with E-state index in [0.717, 1.165) is 10.6 Å². The largest absolute Gasteiger partial charge is 0.573 e. The van der Waals surface area contributed by atoms with Gasteiger partial charge in [0.25, 0.3) is 5.56 Å². The van der Waals surface area contributed by atoms with Crippen LogP contribution in [0.3, 0.4) is 0 Å². The minimum atomic E-state index is -4.93. The van der Waals surface area contributed by atoms with Gasteiger partial charge in [0, 0.05) is 19.3 Å². The van der Waals surface area contributed by atoms with E-state index < -0.39 is 30.0 Å². The number of carbonyl (C=O) groups excluding carboxylic acids is 1. The van der Waals surface area contributed by atoms with Crippen LogP contribution >= 0.6 is 0 Å². The number of nitrogens with zero attached hydrogens (tertiary/aromatic N) is 4. The van der Waals surface area contributed by atoms with Crippen molar-refractivity contribution in [2.45, 2.75) is 6.36 Å². The van der Waals surface area contributed by atoms with Gasteiger partial charge >= 0.3 is 6.36 Å². The lowest BCUT2D eigenvalue weighted by atomic mass is 10.1. The molecule has 2 aromatic heterocycles. The molecule has 1 N–H and O–H groups in total. The van der Waals surface area contributed by atoms with E-state index in [-0.39, 0.29) is 17.2 Å². The molecule has 0 amide bonds. The van der Waals surface area contributed by atoms with Crippen LogP contribution < -0.4 is 15.6 Å². The van der Waals surface area contributed by atoms with E-state index >= 15 is 0 Å². The zero-order valence-electron chi connectivity index (χ0n) is 15.0. The smallest absolute Gasteiger partial charge is 0.405 e. The molecule has 1 aromatic carbocycles. The maximum Gasteiger partial charge on any atom is 0.573 e. The van der Waals surface area contributed by atoms with Crippen molar-refractivity contribution >= 4 is 11.7 Å². The van der Waals surface area contributed by atoms with Crippen molar-refractivity contribution < 1.29 is 22.7 Å². The second kappa shape index (κ2) is 8.09. The number of ketones is 1. The summed E-state index contributed by atoms with van der Waals surface area (Å²) in [4.78, 5) is 36.6. The number of carbonyl (C=O) groups is 1. The molecule has 2 heterocycles. The Labute approximate surface area is 162 Å². The molecule has 0 aliphatic carbocycles. The normalized spacial score (nSPS) is 11.2. The van der Waals surface area contributed by atoms with Crippen molar-refractivity contribution in [3.63, 3.8) is 0 Å². The molecule has 0 unspecified atom stereocenters. The quantitative estimate of drug-likeness (QED) is 0.629. The van der Waals surface area contributed by atoms with Gasteiger partial charge in [-0.3, -0.25) is 14.2 Å². The van der Waals surface area contributed by atoms with Crippen LogP contribution in [-0.4, -0.2) is 38.2 Å². The third-order valence-electron chi connectivity index (χ3n) is 3.80. The second-order valence-electron chi connectivity index (χ2n) is 5.78. The molecule has 0 fully saturated rings. The van der Waals surface area contributed by atoms with E-state index in [0.29, 0.717) is 5.69 Å². The molecule has 0 bridgehead atoms. The van der Waals surface area contributed by atoms with Gasteiger partial charge in [-0.2, -0.15) is 0 Å². The molecule has 150 valence electrons. The van der Waals surface area contributed by atoms with E-state index in [1.165, 1.54) is 43.8 Å². The first-order chi connectivity index (χ1) is 13.7. The fourth-order valence-corrected chi connectivity index (χ4v) is 2.44. The Morgan fingerprint density at radius 2 is 1.97 bits per heavy atom. The minimum Gasteiger partial charge on any atom is -0.405 e. The van der Waals surface area contributed by atoms with Crippen LogP contribution in [0.25, 0.3) is 11.4 Å². The molecule has 0 saturated carbocycles. The van der Waals surface area contributed by atoms with Crippen LogP contribution in [0.4, 0.5) is 19.1 Å². The monoisotopic (exact) mass is 405 g/mol. The topological polar surface area (TPSA) is 99.0 Å². The van der Waals surface area contributed by atoms with E-state index in [9.17, 15) is 22.8 Å². The molecule has 0 aliphatic rings. The average molecular weight is 405 g/mol. The van der Waals surface area contributed by atoms with E-state index in [2.05, 4.69) is 25.0 Å². The highest BCUT2D eigenvalue weighted by atomic mass is 19.4. The highest BCUT2D eigenvalue weighted by Crippen LogP contribution is 2.26. The summed E-state index contributed by atoms with van der Waals surface area (Å²) in [5.41, 5.74) is -0.0131. The van der Waals surface area contributed by atoms with Gasteiger partial charge in [0.2, 0.25) is 5.95 Å². The number of nitrogens with one attached hydrogen (secondary N) is 1. The maximum absolute atomic E-state index is 12.5. The van der Waals surface area contributed by atoms with Crippen molar-refractivity contribution in [1.82, 2.24) is 19.5 Å². The Morgan fingerprint density at radius 1 is 1.21 bits per heavy atom. The number of hydrogen-bond acceptors (Lipinski definition) is 7. The Morgan fingerprint density at radius 3 is 2.66 bits per heavy atom. The van der Waals surface area contributed by atoms with Crippen LogP contribution in [-0.2, 0) is 7.05 Å². The first-order valence-electron chi connectivity index (χ1n) is 8.21. The Kier molecular flexibility index (Phi) is 5.57. The summed E-state index contributed by atoms with van der Waals surface area (Å²) in [6.45, 7) is -0.411. The number of Topliss-reactive ketones (excluding diaryl/α,β-unsaturated/α-hetero) is 1. The van der Waals surface area contributed by atoms with Crippen molar-refractivity contribution in [3.05, 3.63) is 64.8 Å². The van der Waals surface area contributed by atoms with Gasteiger partial charge in [0.05, 0.1) is 23.5 Å². The standard InChI is InChI=1S/C18H14F3N5O3/c1-26-16(28)8-13(12-6-7-22-10-24-12)25-17(26)23-9-14(27)11-4-2-3-5-15(11)29-18(19,20)21/h2-8,10H,9H2,1H3,(H,23,25). The number of halogens is 3. The Bertz CT molecular complexity index is 1080. The van der Waals surface area contributed by atoms with Gasteiger partial charge < -0.3 is 10.1 Å². The molecule has 3 rings (SSSR count). The number of anilines is 1. The maximum atomic E-state index is 12.5. The van der Waals surface area contributed by atoms with E-state index in [4.69, 9.17) is 0 Å². The summed E-state index contributed by atoms with van der Waals surface area (Å²) in [6, 6.07) is 7.82. The first kappa shape index (κ1) is 20.0. The van der Waals surface area contributed by atoms with Gasteiger partial charge in [-0.1, -0.05) is 12.1 Å². The minimum absolute atomic E-state index is 0.0497. The molecule has 11 heteroatoms. The number of benzene rings is 1. The molecule has 3 aromatic rings. The Balaban J connectivity index is 1.83. The summed E-state index contributed by atoms with van der Waals surface area (Å²) in [5.74, 6) is -1.23. The first-order valence-corrected chi connectivity index (χ1v) is 8.21. The molecule has 0 saturated heterocycles. The van der Waals surface area contributed by atoms with Gasteiger partial charge in [0.1, 0.15) is 12.1 Å². The van der Waals surface area contributed by atoms with E-state index in [1.54, 1.807) is 6.07 Å². The average Bonchev–Trinajstić information content (AvgIpc) is 2.68. The van der Waals surface area contributed by atoms with E-state index in [1.807, 2.05) is 0 Å². The van der Waals surface area contributed by atoms with Crippen LogP contribution in [0.15, 0.2) is 53.7 Å². The highest BCUT2D eigenvalue weighted by Gasteiger charge is 2.32. The lowest BCUT2D eigenvalue weighted by molar-refractivity contribution is -0.274. The zero-order valence-corrected chi connectivity index (χ0v) is 15.0. The van der Waals surface area contributed by atoms with Gasteiger partial charge in [-0.15, -0.1) is 13.2 Å². The summed E-state index contributed by atoms with van der Waals surface area (Å²) in [7, 11) is 1.44. The summed E-state index contributed by atoms with van der Waals surface area (Å²) < 4.78 is 42.6. The van der Waals surface area contributed by atoms with Crippen LogP contribution in [0.2, 0.25) is 0 Å². The van der Waals surface area contributed by atoms with Gasteiger partial charge in [-0.05, 0) is 18.2 Å². The molecule has 0 spiro atoms. The van der Waals surface area contributed by atoms with Crippen LogP contribution in [0, 0.1) is 0 Å². The summed E-state index contributed by atoms with van der Waals surface area (Å²) >= 11 is 0. The number of ether oxygens (including phenoxy) is 1. The third kappa shape index (κ3) is 4.94. The summed E-state index contributed by atoms with van der Waals surface area (Å²) in [5, 5.41) is 2.67. The number of alkyl halides is 3. The number of aromatic nitrogens is 4. The molecule has 8 nitrogen and oxygen atoms in total. The molecule has 0 radical (unpaired) electrons.